The summed E-state index contributed by atoms with van der Waals surface area (Å²) in [6.45, 7) is 5.01. The largest absolute Gasteiger partial charge is 0.508 e. The second-order valence-electron chi connectivity index (χ2n) is 9.57. The molecule has 2 aromatic rings. The number of nitrogens with one attached hydrogen (secondary N) is 4. The van der Waals surface area contributed by atoms with Crippen molar-refractivity contribution in [2.24, 2.45) is 11.7 Å². The Bertz CT molecular complexity index is 1070. The van der Waals surface area contributed by atoms with E-state index in [1.807, 2.05) is 13.8 Å². The van der Waals surface area contributed by atoms with Gasteiger partial charge in [0.1, 0.15) is 29.9 Å². The van der Waals surface area contributed by atoms with Crippen LogP contribution in [0.5, 0.6) is 5.75 Å². The number of carbonyl (C=O) groups excluding carboxylic acids is 3. The monoisotopic (exact) mass is 532 g/mol. The molecule has 3 amide bonds. The Labute approximate surface area is 220 Å². The Morgan fingerprint density at radius 3 is 2.03 bits per heavy atom. The molecule has 0 spiro atoms. The highest BCUT2D eigenvalue weighted by atomic mass is 16.4. The summed E-state index contributed by atoms with van der Waals surface area (Å²) < 4.78 is 0. The maximum absolute atomic E-state index is 13.3. The molecular formula is C25H36N6O7. The molecule has 5 unspecified atom stereocenters. The summed E-state index contributed by atoms with van der Waals surface area (Å²) in [5.74, 6) is -3.45. The van der Waals surface area contributed by atoms with Gasteiger partial charge in [-0.15, -0.1) is 0 Å². The number of aliphatic hydroxyl groups is 1. The fourth-order valence-corrected chi connectivity index (χ4v) is 3.63. The summed E-state index contributed by atoms with van der Waals surface area (Å²) in [5, 5.41) is 36.4. The average molecular weight is 533 g/mol. The second-order valence-corrected chi connectivity index (χ2v) is 9.57. The number of carboxylic acids is 1. The van der Waals surface area contributed by atoms with E-state index in [2.05, 4.69) is 25.9 Å². The lowest BCUT2D eigenvalue weighted by molar-refractivity contribution is -0.142. The van der Waals surface area contributed by atoms with E-state index >= 15 is 0 Å². The predicted molar refractivity (Wildman–Crippen MR) is 137 cm³/mol. The first-order chi connectivity index (χ1) is 17.9. The van der Waals surface area contributed by atoms with Gasteiger partial charge >= 0.3 is 5.97 Å². The van der Waals surface area contributed by atoms with Gasteiger partial charge in [0, 0.05) is 24.7 Å². The van der Waals surface area contributed by atoms with Gasteiger partial charge in [0.2, 0.25) is 17.7 Å². The molecule has 0 bridgehead atoms. The number of rotatable bonds is 14. The highest BCUT2D eigenvalue weighted by Crippen LogP contribution is 2.13. The molecule has 0 aliphatic carbocycles. The normalized spacial score (nSPS) is 15.1. The summed E-state index contributed by atoms with van der Waals surface area (Å²) in [4.78, 5) is 57.4. The molecule has 38 heavy (non-hydrogen) atoms. The number of carbonyl (C=O) groups is 4. The molecule has 0 aliphatic heterocycles. The van der Waals surface area contributed by atoms with Crippen LogP contribution in [0.3, 0.4) is 0 Å². The highest BCUT2D eigenvalue weighted by molar-refractivity contribution is 5.94. The predicted octanol–water partition coefficient (Wildman–Crippen LogP) is -0.806. The number of phenolic OH excluding ortho intramolecular Hbond substituents is 1. The number of aliphatic carboxylic acids is 1. The maximum Gasteiger partial charge on any atom is 0.326 e. The Morgan fingerprint density at radius 2 is 1.50 bits per heavy atom. The third-order valence-corrected chi connectivity index (χ3v) is 5.77. The van der Waals surface area contributed by atoms with E-state index in [1.54, 1.807) is 12.1 Å². The second kappa shape index (κ2) is 14.1. The van der Waals surface area contributed by atoms with Crippen LogP contribution in [-0.2, 0) is 32.0 Å². The average Bonchev–Trinajstić information content (AvgIpc) is 3.36. The van der Waals surface area contributed by atoms with Crippen LogP contribution in [0, 0.1) is 5.92 Å². The molecule has 9 N–H and O–H groups in total. The number of nitrogens with two attached hydrogens (primary N) is 1. The minimum absolute atomic E-state index is 0.00201. The summed E-state index contributed by atoms with van der Waals surface area (Å²) in [5.41, 5.74) is 6.83. The molecule has 5 atom stereocenters. The number of amides is 3. The van der Waals surface area contributed by atoms with E-state index in [0.29, 0.717) is 11.3 Å². The van der Waals surface area contributed by atoms with Crippen molar-refractivity contribution in [1.82, 2.24) is 25.9 Å². The number of carboxylic acid groups (broad SMARTS) is 1. The number of nitrogens with zero attached hydrogens (tertiary/aromatic N) is 1. The first-order valence-electron chi connectivity index (χ1n) is 12.2. The van der Waals surface area contributed by atoms with Gasteiger partial charge in [0.15, 0.2) is 0 Å². The summed E-state index contributed by atoms with van der Waals surface area (Å²) >= 11 is 0. The van der Waals surface area contributed by atoms with E-state index in [0.717, 1.165) is 0 Å². The van der Waals surface area contributed by atoms with Gasteiger partial charge in [-0.25, -0.2) is 9.78 Å². The summed E-state index contributed by atoms with van der Waals surface area (Å²) in [7, 11) is 0. The molecule has 13 nitrogen and oxygen atoms in total. The van der Waals surface area contributed by atoms with Gasteiger partial charge in [-0.05, 0) is 37.0 Å². The van der Waals surface area contributed by atoms with Crippen molar-refractivity contribution in [1.29, 1.82) is 0 Å². The molecule has 2 rings (SSSR count). The molecule has 1 aromatic carbocycles. The van der Waals surface area contributed by atoms with Crippen molar-refractivity contribution in [2.75, 3.05) is 0 Å². The van der Waals surface area contributed by atoms with Crippen molar-refractivity contribution in [2.45, 2.75) is 70.3 Å². The number of aromatic amines is 1. The van der Waals surface area contributed by atoms with Gasteiger partial charge in [0.05, 0.1) is 12.4 Å². The van der Waals surface area contributed by atoms with Crippen LogP contribution in [0.1, 0.15) is 38.4 Å². The zero-order chi connectivity index (χ0) is 28.4. The highest BCUT2D eigenvalue weighted by Gasteiger charge is 2.31. The summed E-state index contributed by atoms with van der Waals surface area (Å²) in [6, 6.07) is 1.14. The molecule has 208 valence electrons. The number of hydrogen-bond donors (Lipinski definition) is 8. The van der Waals surface area contributed by atoms with Crippen LogP contribution in [0.2, 0.25) is 0 Å². The van der Waals surface area contributed by atoms with Crippen molar-refractivity contribution in [3.8, 4) is 5.75 Å². The molecule has 1 aromatic heterocycles. The number of aromatic nitrogens is 2. The smallest absolute Gasteiger partial charge is 0.326 e. The number of hydrogen-bond acceptors (Lipinski definition) is 8. The number of imidazole rings is 1. The van der Waals surface area contributed by atoms with E-state index in [9.17, 15) is 34.5 Å². The first-order valence-corrected chi connectivity index (χ1v) is 12.2. The van der Waals surface area contributed by atoms with Crippen molar-refractivity contribution >= 4 is 23.7 Å². The molecule has 1 heterocycles. The topological polar surface area (TPSA) is 220 Å². The van der Waals surface area contributed by atoms with Crippen LogP contribution < -0.4 is 21.7 Å². The molecule has 0 fully saturated rings. The SMILES string of the molecule is CC(C)CC(NC(=O)C(Cc1ccc(O)cc1)NC(=O)C(N)C(C)O)C(=O)NC(Cc1cnc[nH]1)C(=O)O. The van der Waals surface area contributed by atoms with E-state index in [-0.39, 0.29) is 30.9 Å². The zero-order valence-corrected chi connectivity index (χ0v) is 21.5. The Morgan fingerprint density at radius 1 is 0.921 bits per heavy atom. The third kappa shape index (κ3) is 9.48. The van der Waals surface area contributed by atoms with E-state index in [4.69, 9.17) is 5.73 Å². The Kier molecular flexibility index (Phi) is 11.2. The maximum atomic E-state index is 13.3. The standard InChI is InChI=1S/C25H36N6O7/c1-13(2)8-18(22(34)31-20(25(37)38)10-16-11-27-12-28-16)29-23(35)19(30-24(36)21(26)14(3)32)9-15-4-6-17(33)7-5-15/h4-7,11-14,18-21,32-33H,8-10,26H2,1-3H3,(H,27,28)(H,29,35)(H,30,36)(H,31,34)(H,37,38). The zero-order valence-electron chi connectivity index (χ0n) is 21.5. The lowest BCUT2D eigenvalue weighted by atomic mass is 10.00. The molecule has 13 heteroatoms. The van der Waals surface area contributed by atoms with E-state index in [1.165, 1.54) is 31.6 Å². The number of aromatic hydroxyl groups is 1. The van der Waals surface area contributed by atoms with Gasteiger partial charge in [0.25, 0.3) is 0 Å². The Balaban J connectivity index is 2.23. The molecule has 0 saturated heterocycles. The lowest BCUT2D eigenvalue weighted by Crippen LogP contribution is -2.59. The van der Waals surface area contributed by atoms with Crippen LogP contribution in [-0.4, -0.2) is 79.2 Å². The van der Waals surface area contributed by atoms with Gasteiger partial charge in [-0.1, -0.05) is 26.0 Å². The van der Waals surface area contributed by atoms with Crippen LogP contribution in [0.4, 0.5) is 0 Å². The number of aliphatic hydroxyl groups excluding tert-OH is 1. The number of H-pyrrole nitrogens is 1. The van der Waals surface area contributed by atoms with Crippen LogP contribution in [0.25, 0.3) is 0 Å². The third-order valence-electron chi connectivity index (χ3n) is 5.77. The van der Waals surface area contributed by atoms with Gasteiger partial charge < -0.3 is 42.0 Å². The van der Waals surface area contributed by atoms with Crippen LogP contribution in [0.15, 0.2) is 36.8 Å². The molecular weight excluding hydrogens is 496 g/mol. The van der Waals surface area contributed by atoms with Crippen LogP contribution >= 0.6 is 0 Å². The molecule has 0 aliphatic rings. The van der Waals surface area contributed by atoms with Crippen molar-refractivity contribution < 1.29 is 34.5 Å². The van der Waals surface area contributed by atoms with Crippen molar-refractivity contribution in [3.05, 3.63) is 48.0 Å². The number of benzene rings is 1. The fraction of sp³-hybridized carbons (Fsp3) is 0.480. The minimum Gasteiger partial charge on any atom is -0.508 e. The van der Waals surface area contributed by atoms with E-state index < -0.39 is 54.0 Å². The van der Waals surface area contributed by atoms with Gasteiger partial charge in [-0.3, -0.25) is 14.4 Å². The summed E-state index contributed by atoms with van der Waals surface area (Å²) in [6.07, 6.45) is 1.82. The van der Waals surface area contributed by atoms with Crippen molar-refractivity contribution in [3.63, 3.8) is 0 Å². The molecule has 0 radical (unpaired) electrons. The minimum atomic E-state index is -1.29. The quantitative estimate of drug-likeness (QED) is 0.152. The first kappa shape index (κ1) is 30.3. The lowest BCUT2D eigenvalue weighted by Gasteiger charge is -2.26. The van der Waals surface area contributed by atoms with Gasteiger partial charge in [-0.2, -0.15) is 0 Å². The Hall–Kier alpha value is -3.97. The molecule has 0 saturated carbocycles. The number of phenols is 1. The fourth-order valence-electron chi connectivity index (χ4n) is 3.63.